The maximum atomic E-state index is 11.2. The van der Waals surface area contributed by atoms with E-state index in [1.54, 1.807) is 0 Å². The van der Waals surface area contributed by atoms with Crippen LogP contribution >= 0.6 is 0 Å². The Kier molecular flexibility index (Phi) is 5.45. The lowest BCUT2D eigenvalue weighted by Gasteiger charge is -2.16. The molecule has 0 spiro atoms. The fourth-order valence-electron chi connectivity index (χ4n) is 1.92. The summed E-state index contributed by atoms with van der Waals surface area (Å²) in [4.78, 5) is 17.6. The number of rotatable bonds is 7. The highest BCUT2D eigenvalue weighted by Gasteiger charge is 2.13. The van der Waals surface area contributed by atoms with Gasteiger partial charge >= 0.3 is 5.97 Å². The fraction of sp³-hybridized carbons (Fsp3) is 0.400. The van der Waals surface area contributed by atoms with Crippen LogP contribution in [-0.2, 0) is 16.1 Å². The summed E-state index contributed by atoms with van der Waals surface area (Å²) in [5, 5.41) is 3.98. The third-order valence-corrected chi connectivity index (χ3v) is 3.17. The van der Waals surface area contributed by atoms with Gasteiger partial charge in [-0.15, -0.1) is 0 Å². The van der Waals surface area contributed by atoms with Crippen LogP contribution in [0.25, 0.3) is 11.4 Å². The smallest absolute Gasteiger partial charge is 0.306 e. The van der Waals surface area contributed by atoms with Crippen molar-refractivity contribution in [3.8, 4) is 11.4 Å². The maximum Gasteiger partial charge on any atom is 0.306 e. The highest BCUT2D eigenvalue weighted by atomic mass is 16.5. The van der Waals surface area contributed by atoms with Gasteiger partial charge < -0.3 is 9.26 Å². The summed E-state index contributed by atoms with van der Waals surface area (Å²) in [5.41, 5.74) is 0.921. The Hall–Kier alpha value is -2.21. The first kappa shape index (κ1) is 15.2. The van der Waals surface area contributed by atoms with Gasteiger partial charge in [0.2, 0.25) is 11.7 Å². The Bertz CT molecular complexity index is 569. The van der Waals surface area contributed by atoms with E-state index in [1.165, 1.54) is 7.11 Å². The van der Waals surface area contributed by atoms with Crippen molar-refractivity contribution >= 4 is 5.97 Å². The standard InChI is InChI=1S/C15H19N3O3/c1-3-18(10-9-14(19)20-2)11-13-16-15(17-21-13)12-7-5-4-6-8-12/h4-8H,3,9-11H2,1-2H3. The van der Waals surface area contributed by atoms with Gasteiger partial charge in [0.1, 0.15) is 0 Å². The van der Waals surface area contributed by atoms with E-state index in [9.17, 15) is 4.79 Å². The molecule has 0 N–H and O–H groups in total. The molecule has 1 heterocycles. The van der Waals surface area contributed by atoms with Gasteiger partial charge in [0.05, 0.1) is 20.1 Å². The van der Waals surface area contributed by atoms with Crippen LogP contribution in [0.2, 0.25) is 0 Å². The van der Waals surface area contributed by atoms with Crippen LogP contribution in [0.15, 0.2) is 34.9 Å². The molecule has 0 unspecified atom stereocenters. The molecule has 1 aromatic carbocycles. The van der Waals surface area contributed by atoms with Gasteiger partial charge in [-0.05, 0) is 6.54 Å². The number of aromatic nitrogens is 2. The molecule has 0 radical (unpaired) electrons. The molecule has 0 saturated heterocycles. The second-order valence-corrected chi connectivity index (χ2v) is 4.57. The summed E-state index contributed by atoms with van der Waals surface area (Å²) >= 11 is 0. The van der Waals surface area contributed by atoms with Crippen molar-refractivity contribution in [1.29, 1.82) is 0 Å². The Balaban J connectivity index is 1.96. The lowest BCUT2D eigenvalue weighted by molar-refractivity contribution is -0.141. The molecule has 0 amide bonds. The molecule has 0 aliphatic heterocycles. The van der Waals surface area contributed by atoms with Crippen molar-refractivity contribution in [1.82, 2.24) is 15.0 Å². The lowest BCUT2D eigenvalue weighted by atomic mass is 10.2. The zero-order valence-electron chi connectivity index (χ0n) is 12.3. The minimum Gasteiger partial charge on any atom is -0.469 e. The topological polar surface area (TPSA) is 68.5 Å². The van der Waals surface area contributed by atoms with Crippen LogP contribution in [-0.4, -0.2) is 41.2 Å². The summed E-state index contributed by atoms with van der Waals surface area (Å²) in [6.07, 6.45) is 0.351. The Labute approximate surface area is 123 Å². The molecule has 0 aliphatic rings. The van der Waals surface area contributed by atoms with Gasteiger partial charge in [-0.3, -0.25) is 9.69 Å². The molecular formula is C15H19N3O3. The largest absolute Gasteiger partial charge is 0.469 e. The summed E-state index contributed by atoms with van der Waals surface area (Å²) in [5.74, 6) is 0.902. The quantitative estimate of drug-likeness (QED) is 0.727. The molecule has 6 nitrogen and oxygen atoms in total. The highest BCUT2D eigenvalue weighted by Crippen LogP contribution is 2.15. The molecule has 0 saturated carbocycles. The second kappa shape index (κ2) is 7.54. The summed E-state index contributed by atoms with van der Waals surface area (Å²) in [7, 11) is 1.39. The SMILES string of the molecule is CCN(CCC(=O)OC)Cc1nc(-c2ccccc2)no1. The Morgan fingerprint density at radius 3 is 2.76 bits per heavy atom. The number of nitrogens with zero attached hydrogens (tertiary/aromatic N) is 3. The predicted molar refractivity (Wildman–Crippen MR) is 77.3 cm³/mol. The van der Waals surface area contributed by atoms with Crippen molar-refractivity contribution in [3.05, 3.63) is 36.2 Å². The number of ether oxygens (including phenoxy) is 1. The van der Waals surface area contributed by atoms with E-state index in [0.29, 0.717) is 31.2 Å². The molecule has 2 rings (SSSR count). The van der Waals surface area contributed by atoms with E-state index in [0.717, 1.165) is 12.1 Å². The van der Waals surface area contributed by atoms with E-state index >= 15 is 0 Å². The minimum atomic E-state index is -0.219. The average Bonchev–Trinajstić information content (AvgIpc) is 3.00. The molecule has 0 bridgehead atoms. The summed E-state index contributed by atoms with van der Waals surface area (Å²) in [6, 6.07) is 9.67. The van der Waals surface area contributed by atoms with Crippen LogP contribution in [0.5, 0.6) is 0 Å². The maximum absolute atomic E-state index is 11.2. The number of hydrogen-bond acceptors (Lipinski definition) is 6. The first-order valence-electron chi connectivity index (χ1n) is 6.90. The van der Waals surface area contributed by atoms with Gasteiger partial charge in [-0.2, -0.15) is 4.98 Å². The van der Waals surface area contributed by atoms with E-state index in [1.807, 2.05) is 37.3 Å². The first-order chi connectivity index (χ1) is 10.2. The first-order valence-corrected chi connectivity index (χ1v) is 6.90. The van der Waals surface area contributed by atoms with E-state index < -0.39 is 0 Å². The number of hydrogen-bond donors (Lipinski definition) is 0. The van der Waals surface area contributed by atoms with E-state index in [-0.39, 0.29) is 5.97 Å². The van der Waals surface area contributed by atoms with E-state index in [2.05, 4.69) is 19.8 Å². The molecule has 6 heteroatoms. The Morgan fingerprint density at radius 2 is 2.10 bits per heavy atom. The number of carbonyl (C=O) groups excluding carboxylic acids is 1. The zero-order chi connectivity index (χ0) is 15.1. The minimum absolute atomic E-state index is 0.219. The summed E-state index contributed by atoms with van der Waals surface area (Å²) in [6.45, 7) is 3.94. The van der Waals surface area contributed by atoms with Crippen LogP contribution < -0.4 is 0 Å². The van der Waals surface area contributed by atoms with Crippen molar-refractivity contribution in [2.24, 2.45) is 0 Å². The third-order valence-electron chi connectivity index (χ3n) is 3.17. The van der Waals surface area contributed by atoms with Crippen molar-refractivity contribution in [2.75, 3.05) is 20.2 Å². The predicted octanol–water partition coefficient (Wildman–Crippen LogP) is 2.12. The highest BCUT2D eigenvalue weighted by molar-refractivity contribution is 5.69. The number of methoxy groups -OCH3 is 1. The monoisotopic (exact) mass is 289 g/mol. The molecule has 0 aliphatic carbocycles. The van der Waals surface area contributed by atoms with Gasteiger partial charge in [0, 0.05) is 12.1 Å². The molecule has 21 heavy (non-hydrogen) atoms. The van der Waals surface area contributed by atoms with Crippen molar-refractivity contribution in [3.63, 3.8) is 0 Å². The fourth-order valence-corrected chi connectivity index (χ4v) is 1.92. The van der Waals surface area contributed by atoms with Crippen LogP contribution in [0.1, 0.15) is 19.2 Å². The molecule has 1 aromatic heterocycles. The number of carbonyl (C=O) groups is 1. The van der Waals surface area contributed by atoms with Crippen molar-refractivity contribution < 1.29 is 14.1 Å². The Morgan fingerprint density at radius 1 is 1.33 bits per heavy atom. The molecule has 112 valence electrons. The lowest BCUT2D eigenvalue weighted by Crippen LogP contribution is -2.26. The van der Waals surface area contributed by atoms with Crippen LogP contribution in [0, 0.1) is 0 Å². The molecular weight excluding hydrogens is 270 g/mol. The van der Waals surface area contributed by atoms with Crippen LogP contribution in [0.4, 0.5) is 0 Å². The molecule has 0 fully saturated rings. The zero-order valence-corrected chi connectivity index (χ0v) is 12.3. The molecule has 2 aromatic rings. The second-order valence-electron chi connectivity index (χ2n) is 4.57. The number of benzene rings is 1. The normalized spacial score (nSPS) is 10.8. The number of esters is 1. The third kappa shape index (κ3) is 4.39. The van der Waals surface area contributed by atoms with Crippen molar-refractivity contribution in [2.45, 2.75) is 19.9 Å². The molecule has 0 atom stereocenters. The van der Waals surface area contributed by atoms with E-state index in [4.69, 9.17) is 4.52 Å². The van der Waals surface area contributed by atoms with Gasteiger partial charge in [0.25, 0.3) is 0 Å². The van der Waals surface area contributed by atoms with Gasteiger partial charge in [0.15, 0.2) is 0 Å². The summed E-state index contributed by atoms with van der Waals surface area (Å²) < 4.78 is 9.91. The average molecular weight is 289 g/mol. The van der Waals surface area contributed by atoms with Gasteiger partial charge in [-0.1, -0.05) is 42.4 Å². The van der Waals surface area contributed by atoms with Crippen LogP contribution in [0.3, 0.4) is 0 Å². The van der Waals surface area contributed by atoms with Gasteiger partial charge in [-0.25, -0.2) is 0 Å².